The van der Waals surface area contributed by atoms with E-state index in [1.54, 1.807) is 0 Å². The lowest BCUT2D eigenvalue weighted by Crippen LogP contribution is -2.08. The second-order valence-electron chi connectivity index (χ2n) is 6.42. The SMILES string of the molecule is CSCCNc1cccc2nc(N[C@@H]3CCc4ccccc43)ccc12. The van der Waals surface area contributed by atoms with Gasteiger partial charge in [0.05, 0.1) is 11.6 Å². The predicted molar refractivity (Wildman–Crippen MR) is 110 cm³/mol. The van der Waals surface area contributed by atoms with E-state index in [-0.39, 0.29) is 0 Å². The van der Waals surface area contributed by atoms with Crippen LogP contribution in [-0.4, -0.2) is 23.5 Å². The minimum Gasteiger partial charge on any atom is -0.384 e. The van der Waals surface area contributed by atoms with E-state index in [9.17, 15) is 0 Å². The van der Waals surface area contributed by atoms with Crippen molar-refractivity contribution in [3.63, 3.8) is 0 Å². The van der Waals surface area contributed by atoms with Crippen LogP contribution in [0.3, 0.4) is 0 Å². The summed E-state index contributed by atoms with van der Waals surface area (Å²) >= 11 is 1.85. The fourth-order valence-electron chi connectivity index (χ4n) is 3.56. The molecule has 0 fully saturated rings. The Hall–Kier alpha value is -2.20. The quantitative estimate of drug-likeness (QED) is 0.607. The molecular weight excluding hydrogens is 326 g/mol. The van der Waals surface area contributed by atoms with Crippen molar-refractivity contribution in [2.24, 2.45) is 0 Å². The fraction of sp³-hybridized carbons (Fsp3) is 0.286. The molecule has 4 rings (SSSR count). The smallest absolute Gasteiger partial charge is 0.127 e. The molecule has 1 heterocycles. The second kappa shape index (κ2) is 7.36. The number of benzene rings is 2. The first-order chi connectivity index (χ1) is 12.3. The van der Waals surface area contributed by atoms with Crippen molar-refractivity contribution in [1.82, 2.24) is 4.98 Å². The minimum atomic E-state index is 0.365. The summed E-state index contributed by atoms with van der Waals surface area (Å²) in [6.07, 6.45) is 4.41. The minimum absolute atomic E-state index is 0.365. The molecule has 2 N–H and O–H groups in total. The molecule has 1 atom stereocenters. The largest absolute Gasteiger partial charge is 0.384 e. The molecular formula is C21H23N3S. The maximum absolute atomic E-state index is 4.84. The lowest BCUT2D eigenvalue weighted by atomic mass is 10.1. The average Bonchev–Trinajstić information content (AvgIpc) is 3.05. The highest BCUT2D eigenvalue weighted by atomic mass is 32.2. The van der Waals surface area contributed by atoms with Gasteiger partial charge in [-0.2, -0.15) is 11.8 Å². The number of fused-ring (bicyclic) bond motifs is 2. The molecule has 0 spiro atoms. The molecule has 0 bridgehead atoms. The van der Waals surface area contributed by atoms with E-state index in [0.29, 0.717) is 6.04 Å². The number of hydrogen-bond donors (Lipinski definition) is 2. The molecule has 4 heteroatoms. The van der Waals surface area contributed by atoms with E-state index in [2.05, 4.69) is 71.5 Å². The Labute approximate surface area is 153 Å². The van der Waals surface area contributed by atoms with Crippen molar-refractivity contribution in [3.05, 3.63) is 65.7 Å². The highest BCUT2D eigenvalue weighted by Crippen LogP contribution is 2.34. The van der Waals surface area contributed by atoms with Crippen molar-refractivity contribution >= 4 is 34.2 Å². The molecule has 1 aliphatic rings. The van der Waals surface area contributed by atoms with Gasteiger partial charge in [-0.3, -0.25) is 0 Å². The molecule has 128 valence electrons. The Bertz CT molecular complexity index is 878. The molecule has 3 aromatic rings. The summed E-state index contributed by atoms with van der Waals surface area (Å²) in [6.45, 7) is 0.971. The molecule has 3 nitrogen and oxygen atoms in total. The van der Waals surface area contributed by atoms with Crippen LogP contribution >= 0.6 is 11.8 Å². The third kappa shape index (κ3) is 3.45. The van der Waals surface area contributed by atoms with Crippen LogP contribution in [-0.2, 0) is 6.42 Å². The highest BCUT2D eigenvalue weighted by Gasteiger charge is 2.21. The van der Waals surface area contributed by atoms with Gasteiger partial charge in [-0.05, 0) is 54.5 Å². The maximum atomic E-state index is 4.84. The number of aromatic nitrogens is 1. The van der Waals surface area contributed by atoms with E-state index in [1.807, 2.05) is 11.8 Å². The molecule has 0 saturated carbocycles. The fourth-order valence-corrected chi connectivity index (χ4v) is 3.87. The van der Waals surface area contributed by atoms with Gasteiger partial charge in [0.2, 0.25) is 0 Å². The van der Waals surface area contributed by atoms with Gasteiger partial charge in [0.25, 0.3) is 0 Å². The monoisotopic (exact) mass is 349 g/mol. The van der Waals surface area contributed by atoms with Crippen molar-refractivity contribution in [1.29, 1.82) is 0 Å². The van der Waals surface area contributed by atoms with Gasteiger partial charge in [0.15, 0.2) is 0 Å². The van der Waals surface area contributed by atoms with Gasteiger partial charge in [0.1, 0.15) is 5.82 Å². The number of nitrogens with one attached hydrogen (secondary N) is 2. The Morgan fingerprint density at radius 1 is 1.08 bits per heavy atom. The van der Waals surface area contributed by atoms with Gasteiger partial charge in [-0.25, -0.2) is 4.98 Å². The summed E-state index contributed by atoms with van der Waals surface area (Å²) < 4.78 is 0. The summed E-state index contributed by atoms with van der Waals surface area (Å²) in [5.74, 6) is 2.06. The van der Waals surface area contributed by atoms with Crippen LogP contribution in [0.4, 0.5) is 11.5 Å². The molecule has 2 aromatic carbocycles. The van der Waals surface area contributed by atoms with Crippen LogP contribution in [0.15, 0.2) is 54.6 Å². The molecule has 1 aromatic heterocycles. The average molecular weight is 350 g/mol. The van der Waals surface area contributed by atoms with Crippen molar-refractivity contribution in [2.75, 3.05) is 29.2 Å². The van der Waals surface area contributed by atoms with Crippen LogP contribution in [0, 0.1) is 0 Å². The molecule has 0 amide bonds. The first-order valence-corrected chi connectivity index (χ1v) is 10.2. The van der Waals surface area contributed by atoms with Crippen LogP contribution in [0.25, 0.3) is 10.9 Å². The van der Waals surface area contributed by atoms with Gasteiger partial charge < -0.3 is 10.6 Å². The van der Waals surface area contributed by atoms with E-state index >= 15 is 0 Å². The van der Waals surface area contributed by atoms with Crippen molar-refractivity contribution < 1.29 is 0 Å². The Morgan fingerprint density at radius 3 is 2.92 bits per heavy atom. The zero-order chi connectivity index (χ0) is 17.1. The topological polar surface area (TPSA) is 37.0 Å². The van der Waals surface area contributed by atoms with Crippen LogP contribution in [0.1, 0.15) is 23.6 Å². The Morgan fingerprint density at radius 2 is 2.00 bits per heavy atom. The summed E-state index contributed by atoms with van der Waals surface area (Å²) in [6, 6.07) is 19.6. The normalized spacial score (nSPS) is 16.0. The zero-order valence-electron chi connectivity index (χ0n) is 14.5. The third-order valence-electron chi connectivity index (χ3n) is 4.81. The van der Waals surface area contributed by atoms with E-state index in [1.165, 1.54) is 16.5 Å². The lowest BCUT2D eigenvalue weighted by Gasteiger charge is -2.16. The molecule has 1 aliphatic carbocycles. The number of rotatable bonds is 6. The van der Waals surface area contributed by atoms with E-state index < -0.39 is 0 Å². The predicted octanol–water partition coefficient (Wildman–Crippen LogP) is 5.11. The van der Waals surface area contributed by atoms with Crippen molar-refractivity contribution in [2.45, 2.75) is 18.9 Å². The second-order valence-corrected chi connectivity index (χ2v) is 7.41. The van der Waals surface area contributed by atoms with E-state index in [0.717, 1.165) is 42.2 Å². The van der Waals surface area contributed by atoms with Crippen LogP contribution in [0.2, 0.25) is 0 Å². The van der Waals surface area contributed by atoms with Crippen LogP contribution < -0.4 is 10.6 Å². The number of hydrogen-bond acceptors (Lipinski definition) is 4. The van der Waals surface area contributed by atoms with Gasteiger partial charge in [0, 0.05) is 23.4 Å². The Kier molecular flexibility index (Phi) is 4.79. The maximum Gasteiger partial charge on any atom is 0.127 e. The summed E-state index contributed by atoms with van der Waals surface area (Å²) in [5, 5.41) is 8.32. The third-order valence-corrected chi connectivity index (χ3v) is 5.42. The van der Waals surface area contributed by atoms with Crippen molar-refractivity contribution in [3.8, 4) is 0 Å². The first-order valence-electron chi connectivity index (χ1n) is 8.82. The Balaban J connectivity index is 1.56. The van der Waals surface area contributed by atoms with E-state index in [4.69, 9.17) is 4.98 Å². The standard InChI is InChI=1S/C21H23N3S/c1-25-14-13-22-18-7-4-8-19-17(18)10-12-21(23-19)24-20-11-9-15-5-2-3-6-16(15)20/h2-8,10,12,20,22H,9,11,13-14H2,1H3,(H,23,24)/t20-/m1/s1. The number of anilines is 2. The number of thioether (sulfide) groups is 1. The summed E-state index contributed by atoms with van der Waals surface area (Å²) in [5.41, 5.74) is 5.07. The van der Waals surface area contributed by atoms with Crippen LogP contribution in [0.5, 0.6) is 0 Å². The molecule has 0 unspecified atom stereocenters. The number of nitrogens with zero attached hydrogens (tertiary/aromatic N) is 1. The molecule has 0 radical (unpaired) electrons. The zero-order valence-corrected chi connectivity index (χ0v) is 15.3. The molecule has 0 saturated heterocycles. The first kappa shape index (κ1) is 16.3. The van der Waals surface area contributed by atoms with Gasteiger partial charge in [-0.1, -0.05) is 30.3 Å². The van der Waals surface area contributed by atoms with Gasteiger partial charge >= 0.3 is 0 Å². The summed E-state index contributed by atoms with van der Waals surface area (Å²) in [4.78, 5) is 4.84. The van der Waals surface area contributed by atoms with Gasteiger partial charge in [-0.15, -0.1) is 0 Å². The number of pyridine rings is 1. The number of aryl methyl sites for hydroxylation is 1. The lowest BCUT2D eigenvalue weighted by molar-refractivity contribution is 0.758. The molecule has 25 heavy (non-hydrogen) atoms. The highest BCUT2D eigenvalue weighted by molar-refractivity contribution is 7.98. The molecule has 0 aliphatic heterocycles. The summed E-state index contributed by atoms with van der Waals surface area (Å²) in [7, 11) is 0.